The van der Waals surface area contributed by atoms with Gasteiger partial charge >= 0.3 is 0 Å². The van der Waals surface area contributed by atoms with Crippen LogP contribution in [0.15, 0.2) is 42.5 Å². The summed E-state index contributed by atoms with van der Waals surface area (Å²) < 4.78 is 5.76. The van der Waals surface area contributed by atoms with Crippen LogP contribution in [0, 0.1) is 13.8 Å². The third kappa shape index (κ3) is 6.51. The Morgan fingerprint density at radius 2 is 1.61 bits per heavy atom. The number of halogens is 1. The molecule has 2 aromatic rings. The number of nitrogens with one attached hydrogen (secondary N) is 1. The van der Waals surface area contributed by atoms with Gasteiger partial charge in [0.25, 0.3) is 0 Å². The summed E-state index contributed by atoms with van der Waals surface area (Å²) in [5, 5.41) is 3.73. The van der Waals surface area contributed by atoms with Crippen molar-refractivity contribution in [2.24, 2.45) is 0 Å². The first kappa shape index (κ1) is 20.6. The minimum absolute atomic E-state index is 0.0459. The van der Waals surface area contributed by atoms with Crippen LogP contribution < -0.4 is 10.1 Å². The normalized spacial score (nSPS) is 15.4. The number of ether oxygens (including phenoxy) is 1. The first-order valence-corrected chi connectivity index (χ1v) is 10.1. The highest BCUT2D eigenvalue weighted by molar-refractivity contribution is 6.30. The highest BCUT2D eigenvalue weighted by Gasteiger charge is 2.19. The smallest absolute Gasteiger partial charge is 0.238 e. The summed E-state index contributed by atoms with van der Waals surface area (Å²) in [6, 6.07) is 13.5. The topological polar surface area (TPSA) is 44.8 Å². The van der Waals surface area contributed by atoms with Crippen molar-refractivity contribution in [1.82, 2.24) is 9.80 Å². The Morgan fingerprint density at radius 3 is 2.25 bits per heavy atom. The van der Waals surface area contributed by atoms with Crippen molar-refractivity contribution in [2.45, 2.75) is 13.8 Å². The van der Waals surface area contributed by atoms with Crippen LogP contribution >= 0.6 is 11.6 Å². The molecule has 1 aliphatic rings. The number of rotatable bonds is 7. The molecule has 0 aromatic heterocycles. The van der Waals surface area contributed by atoms with Crippen LogP contribution in [0.5, 0.6) is 5.75 Å². The van der Waals surface area contributed by atoms with Crippen molar-refractivity contribution in [1.29, 1.82) is 0 Å². The van der Waals surface area contributed by atoms with Gasteiger partial charge in [0.15, 0.2) is 0 Å². The number of carbonyl (C=O) groups is 1. The molecule has 0 spiro atoms. The van der Waals surface area contributed by atoms with Gasteiger partial charge in [-0.1, -0.05) is 17.7 Å². The Kier molecular flexibility index (Phi) is 7.31. The SMILES string of the molecule is Cc1cc(C)cc(NC(=O)CN2CCN(CCOc3ccc(Cl)cc3)CC2)c1. The van der Waals surface area contributed by atoms with E-state index >= 15 is 0 Å². The molecular formula is C22H28ClN3O2. The fourth-order valence-electron chi connectivity index (χ4n) is 3.44. The molecule has 1 aliphatic heterocycles. The van der Waals surface area contributed by atoms with Crippen molar-refractivity contribution in [3.8, 4) is 5.75 Å². The van der Waals surface area contributed by atoms with E-state index in [1.807, 2.05) is 50.2 Å². The Hall–Kier alpha value is -2.08. The molecule has 150 valence electrons. The Bertz CT molecular complexity index is 767. The maximum Gasteiger partial charge on any atom is 0.238 e. The fourth-order valence-corrected chi connectivity index (χ4v) is 3.57. The van der Waals surface area contributed by atoms with Crippen molar-refractivity contribution in [3.05, 3.63) is 58.6 Å². The number of amides is 1. The molecule has 0 unspecified atom stereocenters. The molecule has 1 saturated heterocycles. The van der Waals surface area contributed by atoms with Gasteiger partial charge in [0.2, 0.25) is 5.91 Å². The van der Waals surface area contributed by atoms with Crippen molar-refractivity contribution < 1.29 is 9.53 Å². The van der Waals surface area contributed by atoms with E-state index < -0.39 is 0 Å². The monoisotopic (exact) mass is 401 g/mol. The van der Waals surface area contributed by atoms with Gasteiger partial charge in [-0.05, 0) is 61.4 Å². The van der Waals surface area contributed by atoms with Gasteiger partial charge in [-0.25, -0.2) is 0 Å². The predicted molar refractivity (Wildman–Crippen MR) is 114 cm³/mol. The van der Waals surface area contributed by atoms with Crippen molar-refractivity contribution >= 4 is 23.2 Å². The van der Waals surface area contributed by atoms with Crippen LogP contribution in [0.4, 0.5) is 5.69 Å². The Balaban J connectivity index is 1.35. The molecule has 1 N–H and O–H groups in total. The minimum atomic E-state index is 0.0459. The predicted octanol–water partition coefficient (Wildman–Crippen LogP) is 3.59. The Labute approximate surface area is 172 Å². The lowest BCUT2D eigenvalue weighted by molar-refractivity contribution is -0.117. The molecule has 5 nitrogen and oxygen atoms in total. The third-order valence-corrected chi connectivity index (χ3v) is 5.08. The van der Waals surface area contributed by atoms with E-state index in [4.69, 9.17) is 16.3 Å². The number of aryl methyl sites for hydroxylation is 2. The van der Waals surface area contributed by atoms with Crippen LogP contribution in [0.25, 0.3) is 0 Å². The highest BCUT2D eigenvalue weighted by atomic mass is 35.5. The van der Waals surface area contributed by atoms with E-state index in [1.54, 1.807) is 0 Å². The summed E-state index contributed by atoms with van der Waals surface area (Å²) in [7, 11) is 0. The molecular weight excluding hydrogens is 374 g/mol. The van der Waals surface area contributed by atoms with E-state index in [2.05, 4.69) is 21.2 Å². The molecule has 0 saturated carbocycles. The number of piperazine rings is 1. The number of hydrogen-bond acceptors (Lipinski definition) is 4. The first-order valence-electron chi connectivity index (χ1n) is 9.69. The Morgan fingerprint density at radius 1 is 1.00 bits per heavy atom. The third-order valence-electron chi connectivity index (χ3n) is 4.83. The zero-order valence-corrected chi connectivity index (χ0v) is 17.3. The quantitative estimate of drug-likeness (QED) is 0.770. The summed E-state index contributed by atoms with van der Waals surface area (Å²) in [5.74, 6) is 0.885. The number of hydrogen-bond donors (Lipinski definition) is 1. The molecule has 0 bridgehead atoms. The zero-order chi connectivity index (χ0) is 19.9. The summed E-state index contributed by atoms with van der Waals surface area (Å²) in [5.41, 5.74) is 3.19. The molecule has 0 atom stereocenters. The van der Waals surface area contributed by atoms with Crippen LogP contribution in [-0.2, 0) is 4.79 Å². The molecule has 1 heterocycles. The molecule has 1 fully saturated rings. The lowest BCUT2D eigenvalue weighted by Crippen LogP contribution is -2.49. The summed E-state index contributed by atoms with van der Waals surface area (Å²) >= 11 is 5.88. The second-order valence-electron chi connectivity index (χ2n) is 7.34. The molecule has 3 rings (SSSR count). The maximum absolute atomic E-state index is 12.3. The number of anilines is 1. The van der Waals surface area contributed by atoms with Gasteiger partial charge < -0.3 is 10.1 Å². The van der Waals surface area contributed by atoms with Crippen molar-refractivity contribution in [2.75, 3.05) is 51.2 Å². The van der Waals surface area contributed by atoms with Gasteiger partial charge in [-0.15, -0.1) is 0 Å². The highest BCUT2D eigenvalue weighted by Crippen LogP contribution is 2.16. The number of nitrogens with zero attached hydrogens (tertiary/aromatic N) is 2. The van der Waals surface area contributed by atoms with Crippen molar-refractivity contribution in [3.63, 3.8) is 0 Å². The van der Waals surface area contributed by atoms with Gasteiger partial charge in [0.05, 0.1) is 6.54 Å². The van der Waals surface area contributed by atoms with Gasteiger partial charge in [0.1, 0.15) is 12.4 Å². The van der Waals surface area contributed by atoms with E-state index in [9.17, 15) is 4.79 Å². The molecule has 2 aromatic carbocycles. The minimum Gasteiger partial charge on any atom is -0.492 e. The van der Waals surface area contributed by atoms with E-state index in [1.165, 1.54) is 0 Å². The van der Waals surface area contributed by atoms with Crippen LogP contribution in [0.2, 0.25) is 5.02 Å². The van der Waals surface area contributed by atoms with E-state index in [-0.39, 0.29) is 5.91 Å². The lowest BCUT2D eigenvalue weighted by atomic mass is 10.1. The largest absolute Gasteiger partial charge is 0.492 e. The molecule has 28 heavy (non-hydrogen) atoms. The summed E-state index contributed by atoms with van der Waals surface area (Å²) in [6.45, 7) is 9.71. The van der Waals surface area contributed by atoms with Gasteiger partial charge in [-0.2, -0.15) is 0 Å². The second-order valence-corrected chi connectivity index (χ2v) is 7.78. The van der Waals surface area contributed by atoms with Gasteiger partial charge in [-0.3, -0.25) is 14.6 Å². The average molecular weight is 402 g/mol. The van der Waals surface area contributed by atoms with Gasteiger partial charge in [0, 0.05) is 43.4 Å². The van der Waals surface area contributed by atoms with Crippen LogP contribution in [0.1, 0.15) is 11.1 Å². The van der Waals surface area contributed by atoms with Crippen LogP contribution in [-0.4, -0.2) is 61.6 Å². The molecule has 1 amide bonds. The summed E-state index contributed by atoms with van der Waals surface area (Å²) in [4.78, 5) is 16.9. The van der Waals surface area contributed by atoms with E-state index in [0.717, 1.165) is 55.3 Å². The maximum atomic E-state index is 12.3. The standard InChI is InChI=1S/C22H28ClN3O2/c1-17-13-18(2)15-20(14-17)24-22(27)16-26-9-7-25(8-10-26)11-12-28-21-5-3-19(23)4-6-21/h3-6,13-15H,7-12,16H2,1-2H3,(H,24,27). The second kappa shape index (κ2) is 9.92. The van der Waals surface area contributed by atoms with Crippen LogP contribution in [0.3, 0.4) is 0 Å². The molecule has 0 radical (unpaired) electrons. The zero-order valence-electron chi connectivity index (χ0n) is 16.6. The summed E-state index contributed by atoms with van der Waals surface area (Å²) in [6.07, 6.45) is 0. The first-order chi connectivity index (χ1) is 13.5. The molecule has 6 heteroatoms. The fraction of sp³-hybridized carbons (Fsp3) is 0.409. The molecule has 0 aliphatic carbocycles. The average Bonchev–Trinajstić information content (AvgIpc) is 2.64. The number of carbonyl (C=O) groups excluding carboxylic acids is 1. The van der Waals surface area contributed by atoms with E-state index in [0.29, 0.717) is 18.2 Å². The number of benzene rings is 2. The lowest BCUT2D eigenvalue weighted by Gasteiger charge is -2.34.